The zero-order valence-electron chi connectivity index (χ0n) is 15.6. The average Bonchev–Trinajstić information content (AvgIpc) is 2.51. The van der Waals surface area contributed by atoms with Crippen LogP contribution in [0.15, 0.2) is 12.1 Å². The second kappa shape index (κ2) is 10.7. The average molecular weight is 351 g/mol. The topological polar surface area (TPSA) is 76.1 Å². The zero-order valence-corrected chi connectivity index (χ0v) is 15.6. The number of esters is 1. The molecule has 6 heteroatoms. The van der Waals surface area contributed by atoms with Gasteiger partial charge in [0.1, 0.15) is 18.1 Å². The molecular formula is C19H29NO5. The van der Waals surface area contributed by atoms with Crippen LogP contribution in [0.3, 0.4) is 0 Å². The van der Waals surface area contributed by atoms with Crippen molar-refractivity contribution in [1.82, 2.24) is 4.90 Å². The minimum Gasteiger partial charge on any atom is -0.492 e. The van der Waals surface area contributed by atoms with E-state index in [-0.39, 0.29) is 19.3 Å². The monoisotopic (exact) mass is 351 g/mol. The normalized spacial score (nSPS) is 10.8. The second-order valence-electron chi connectivity index (χ2n) is 6.35. The molecule has 25 heavy (non-hydrogen) atoms. The summed E-state index contributed by atoms with van der Waals surface area (Å²) in [6, 6.07) is 3.76. The lowest BCUT2D eigenvalue weighted by atomic mass is 10.1. The second-order valence-corrected chi connectivity index (χ2v) is 6.35. The summed E-state index contributed by atoms with van der Waals surface area (Å²) in [5, 5.41) is 8.62. The van der Waals surface area contributed by atoms with Gasteiger partial charge in [-0.15, -0.1) is 0 Å². The van der Waals surface area contributed by atoms with Gasteiger partial charge in [0.05, 0.1) is 0 Å². The Balaban J connectivity index is 2.78. The number of likely N-dealkylation sites (N-methyl/N-ethyl adjacent to an activating group) is 1. The number of benzene rings is 1. The van der Waals surface area contributed by atoms with Crippen LogP contribution in [-0.4, -0.2) is 49.2 Å². The lowest BCUT2D eigenvalue weighted by Gasteiger charge is -2.16. The maximum Gasteiger partial charge on any atom is 0.311 e. The zero-order chi connectivity index (χ0) is 18.8. The van der Waals surface area contributed by atoms with Crippen LogP contribution in [-0.2, 0) is 16.0 Å². The van der Waals surface area contributed by atoms with E-state index >= 15 is 0 Å². The Morgan fingerprint density at radius 2 is 1.88 bits per heavy atom. The predicted octanol–water partition coefficient (Wildman–Crippen LogP) is 3.05. The minimum atomic E-state index is -0.909. The van der Waals surface area contributed by atoms with Gasteiger partial charge in [0.25, 0.3) is 0 Å². The number of rotatable bonds is 11. The maximum absolute atomic E-state index is 11.9. The van der Waals surface area contributed by atoms with Crippen molar-refractivity contribution in [2.45, 2.75) is 46.0 Å². The molecule has 0 saturated heterocycles. The first kappa shape index (κ1) is 21.0. The van der Waals surface area contributed by atoms with E-state index in [9.17, 15) is 9.59 Å². The summed E-state index contributed by atoms with van der Waals surface area (Å²) in [5.41, 5.74) is 1.84. The first-order chi connectivity index (χ1) is 11.8. The fraction of sp³-hybridized carbons (Fsp3) is 0.579. The number of nitrogens with zero attached hydrogens (tertiary/aromatic N) is 1. The molecule has 0 saturated carbocycles. The molecule has 1 aromatic rings. The number of hydrogen-bond acceptors (Lipinski definition) is 5. The van der Waals surface area contributed by atoms with E-state index in [0.29, 0.717) is 12.4 Å². The molecule has 0 fully saturated rings. The molecule has 0 heterocycles. The first-order valence-corrected chi connectivity index (χ1v) is 8.67. The highest BCUT2D eigenvalue weighted by Crippen LogP contribution is 2.30. The summed E-state index contributed by atoms with van der Waals surface area (Å²) in [5.74, 6) is 0.0251. The Morgan fingerprint density at radius 3 is 2.48 bits per heavy atom. The molecule has 0 aliphatic carbocycles. The highest BCUT2D eigenvalue weighted by atomic mass is 16.5. The van der Waals surface area contributed by atoms with Gasteiger partial charge >= 0.3 is 11.9 Å². The third-order valence-electron chi connectivity index (χ3n) is 3.67. The first-order valence-electron chi connectivity index (χ1n) is 8.67. The molecule has 0 atom stereocenters. The summed E-state index contributed by atoms with van der Waals surface area (Å²) >= 11 is 0. The van der Waals surface area contributed by atoms with Gasteiger partial charge in [-0.2, -0.15) is 0 Å². The Bertz CT molecular complexity index is 583. The van der Waals surface area contributed by atoms with Crippen molar-refractivity contribution < 1.29 is 24.2 Å². The van der Waals surface area contributed by atoms with E-state index in [4.69, 9.17) is 14.6 Å². The molecule has 0 unspecified atom stereocenters. The van der Waals surface area contributed by atoms with Gasteiger partial charge in [0.15, 0.2) is 0 Å². The predicted molar refractivity (Wildman–Crippen MR) is 96.3 cm³/mol. The summed E-state index contributed by atoms with van der Waals surface area (Å²) in [6.07, 6.45) is 2.13. The van der Waals surface area contributed by atoms with Crippen LogP contribution in [0.2, 0.25) is 0 Å². The Morgan fingerprint density at radius 1 is 1.16 bits per heavy atom. The molecule has 6 nitrogen and oxygen atoms in total. The number of carboxylic acid groups (broad SMARTS) is 1. The highest BCUT2D eigenvalue weighted by molar-refractivity contribution is 5.74. The van der Waals surface area contributed by atoms with Crippen molar-refractivity contribution in [1.29, 1.82) is 0 Å². The number of carbonyl (C=O) groups excluding carboxylic acids is 1. The van der Waals surface area contributed by atoms with Gasteiger partial charge in [0, 0.05) is 19.4 Å². The van der Waals surface area contributed by atoms with E-state index < -0.39 is 11.9 Å². The number of carbonyl (C=O) groups is 2. The molecule has 0 aromatic heterocycles. The Labute approximate surface area is 149 Å². The largest absolute Gasteiger partial charge is 0.492 e. The molecule has 1 rings (SSSR count). The third-order valence-corrected chi connectivity index (χ3v) is 3.67. The smallest absolute Gasteiger partial charge is 0.311 e. The number of aliphatic carboxylic acids is 1. The van der Waals surface area contributed by atoms with E-state index in [1.54, 1.807) is 0 Å². The van der Waals surface area contributed by atoms with Crippen LogP contribution in [0, 0.1) is 6.92 Å². The van der Waals surface area contributed by atoms with Crippen molar-refractivity contribution in [3.63, 3.8) is 0 Å². The summed E-state index contributed by atoms with van der Waals surface area (Å²) < 4.78 is 11.3. The summed E-state index contributed by atoms with van der Waals surface area (Å²) in [6.45, 7) is 5.37. The molecule has 0 aliphatic rings. The van der Waals surface area contributed by atoms with Crippen LogP contribution < -0.4 is 9.47 Å². The van der Waals surface area contributed by atoms with E-state index in [0.717, 1.165) is 36.3 Å². The van der Waals surface area contributed by atoms with Gasteiger partial charge in [-0.05, 0) is 57.1 Å². The van der Waals surface area contributed by atoms with Crippen molar-refractivity contribution in [2.75, 3.05) is 27.2 Å². The molecule has 140 valence electrons. The lowest BCUT2D eigenvalue weighted by molar-refractivity contribution is -0.137. The molecule has 0 spiro atoms. The van der Waals surface area contributed by atoms with Crippen molar-refractivity contribution in [3.8, 4) is 11.5 Å². The Kier molecular flexibility index (Phi) is 8.99. The number of carboxylic acids is 1. The Hall–Kier alpha value is -2.08. The van der Waals surface area contributed by atoms with Crippen LogP contribution >= 0.6 is 0 Å². The fourth-order valence-electron chi connectivity index (χ4n) is 2.31. The third kappa shape index (κ3) is 8.03. The van der Waals surface area contributed by atoms with Crippen LogP contribution in [0.1, 0.15) is 43.7 Å². The molecule has 0 radical (unpaired) electrons. The van der Waals surface area contributed by atoms with Crippen LogP contribution in [0.25, 0.3) is 0 Å². The minimum absolute atomic E-state index is 0.0339. The van der Waals surface area contributed by atoms with E-state index in [1.165, 1.54) is 0 Å². The molecule has 1 N–H and O–H groups in total. The van der Waals surface area contributed by atoms with Crippen LogP contribution in [0.4, 0.5) is 0 Å². The summed E-state index contributed by atoms with van der Waals surface area (Å²) in [4.78, 5) is 24.5. The van der Waals surface area contributed by atoms with Crippen molar-refractivity contribution >= 4 is 11.9 Å². The summed E-state index contributed by atoms with van der Waals surface area (Å²) in [7, 11) is 3.99. The number of hydrogen-bond donors (Lipinski definition) is 1. The van der Waals surface area contributed by atoms with E-state index in [1.807, 2.05) is 33.2 Å². The lowest BCUT2D eigenvalue weighted by Crippen LogP contribution is -2.19. The van der Waals surface area contributed by atoms with Gasteiger partial charge in [0.2, 0.25) is 0 Å². The van der Waals surface area contributed by atoms with Crippen molar-refractivity contribution in [2.24, 2.45) is 0 Å². The fourth-order valence-corrected chi connectivity index (χ4v) is 2.31. The molecule has 0 bridgehead atoms. The quantitative estimate of drug-likeness (QED) is 0.488. The number of ether oxygens (including phenoxy) is 2. The van der Waals surface area contributed by atoms with Crippen molar-refractivity contribution in [3.05, 3.63) is 23.3 Å². The van der Waals surface area contributed by atoms with Gasteiger partial charge in [-0.1, -0.05) is 13.3 Å². The maximum atomic E-state index is 11.9. The molecule has 0 aliphatic heterocycles. The van der Waals surface area contributed by atoms with Gasteiger partial charge in [-0.25, -0.2) is 0 Å². The van der Waals surface area contributed by atoms with Gasteiger partial charge < -0.3 is 19.5 Å². The number of aryl methyl sites for hydroxylation is 2. The highest BCUT2D eigenvalue weighted by Gasteiger charge is 2.13. The standard InChI is InChI=1S/C19H29NO5/c1-5-7-15-13-16(25-19(23)9-6-8-18(21)22)14(2)12-17(15)24-11-10-20(3)4/h12-13H,5-11H2,1-4H3,(H,21,22). The molecular weight excluding hydrogens is 322 g/mol. The SMILES string of the molecule is CCCc1cc(OC(=O)CCCC(=O)O)c(C)cc1OCCN(C)C. The molecule has 0 amide bonds. The van der Waals surface area contributed by atoms with Gasteiger partial charge in [-0.3, -0.25) is 9.59 Å². The van der Waals surface area contributed by atoms with Crippen LogP contribution in [0.5, 0.6) is 11.5 Å². The molecule has 1 aromatic carbocycles. The van der Waals surface area contributed by atoms with E-state index in [2.05, 4.69) is 11.8 Å².